The molecule has 1 N–H and O–H groups in total. The molecule has 5 nitrogen and oxygen atoms in total. The fourth-order valence-electron chi connectivity index (χ4n) is 2.30. The molecule has 8 heteroatoms. The highest BCUT2D eigenvalue weighted by Crippen LogP contribution is 2.30. The Hall–Kier alpha value is -1.83. The summed E-state index contributed by atoms with van der Waals surface area (Å²) < 4.78 is 39.3. The van der Waals surface area contributed by atoms with E-state index < -0.39 is 11.9 Å². The minimum Gasteiger partial charge on any atom is -0.301 e. The van der Waals surface area contributed by atoms with E-state index in [2.05, 4.69) is 15.5 Å². The van der Waals surface area contributed by atoms with E-state index in [1.807, 2.05) is 5.01 Å². The number of hydrogen-bond acceptors (Lipinski definition) is 4. The third kappa shape index (κ3) is 2.55. The Kier molecular flexibility index (Phi) is 3.25. The molecule has 0 radical (unpaired) electrons. The van der Waals surface area contributed by atoms with Crippen molar-refractivity contribution in [3.63, 3.8) is 0 Å². The van der Waals surface area contributed by atoms with E-state index in [1.54, 1.807) is 0 Å². The van der Waals surface area contributed by atoms with Crippen LogP contribution in [-0.4, -0.2) is 32.7 Å². The Labute approximate surface area is 113 Å². The molecule has 0 aromatic carbocycles. The van der Waals surface area contributed by atoms with Gasteiger partial charge in [0.05, 0.1) is 0 Å². The van der Waals surface area contributed by atoms with Gasteiger partial charge in [-0.3, -0.25) is 0 Å². The van der Waals surface area contributed by atoms with Crippen molar-refractivity contribution in [3.05, 3.63) is 24.2 Å². The molecule has 20 heavy (non-hydrogen) atoms. The van der Waals surface area contributed by atoms with Crippen molar-refractivity contribution in [2.75, 3.05) is 18.5 Å². The first-order chi connectivity index (χ1) is 9.54. The molecule has 0 atom stereocenters. The Morgan fingerprint density at radius 2 is 1.90 bits per heavy atom. The third-order valence-corrected chi connectivity index (χ3v) is 3.30. The largest absolute Gasteiger partial charge is 0.435 e. The summed E-state index contributed by atoms with van der Waals surface area (Å²) in [4.78, 5) is 4.12. The van der Waals surface area contributed by atoms with Gasteiger partial charge in [0.2, 0.25) is 0 Å². The van der Waals surface area contributed by atoms with Gasteiger partial charge in [-0.15, -0.1) is 0 Å². The molecule has 3 heterocycles. The topological polar surface area (TPSA) is 45.5 Å². The van der Waals surface area contributed by atoms with Gasteiger partial charge >= 0.3 is 6.18 Å². The molecule has 0 unspecified atom stereocenters. The average Bonchev–Trinajstić information content (AvgIpc) is 2.85. The van der Waals surface area contributed by atoms with Gasteiger partial charge in [-0.05, 0) is 12.8 Å². The lowest BCUT2D eigenvalue weighted by Crippen LogP contribution is -2.35. The number of piperidine rings is 1. The number of rotatable bonds is 2. The van der Waals surface area contributed by atoms with Crippen LogP contribution in [0.2, 0.25) is 0 Å². The molecular weight excluding hydrogens is 271 g/mol. The summed E-state index contributed by atoms with van der Waals surface area (Å²) in [5.74, 6) is 0.400. The summed E-state index contributed by atoms with van der Waals surface area (Å²) in [6.45, 7) is 1.73. The van der Waals surface area contributed by atoms with Gasteiger partial charge in [-0.1, -0.05) is 6.42 Å². The average molecular weight is 285 g/mol. The van der Waals surface area contributed by atoms with E-state index in [1.165, 1.54) is 23.3 Å². The predicted molar refractivity (Wildman–Crippen MR) is 67.0 cm³/mol. The van der Waals surface area contributed by atoms with Crippen LogP contribution in [0.5, 0.6) is 0 Å². The third-order valence-electron chi connectivity index (χ3n) is 3.30. The molecule has 3 rings (SSSR count). The highest BCUT2D eigenvalue weighted by Gasteiger charge is 2.34. The fraction of sp³-hybridized carbons (Fsp3) is 0.500. The summed E-state index contributed by atoms with van der Waals surface area (Å²) >= 11 is 0. The first-order valence-corrected chi connectivity index (χ1v) is 6.47. The maximum atomic E-state index is 12.7. The molecular formula is C12H14F3N5. The zero-order valence-corrected chi connectivity index (χ0v) is 10.7. The molecule has 1 aliphatic rings. The summed E-state index contributed by atoms with van der Waals surface area (Å²) in [5.41, 5.74) is 2.50. The van der Waals surface area contributed by atoms with Crippen LogP contribution in [0.4, 0.5) is 19.0 Å². The second kappa shape index (κ2) is 4.93. The first-order valence-electron chi connectivity index (χ1n) is 6.47. The van der Waals surface area contributed by atoms with Gasteiger partial charge in [0, 0.05) is 31.5 Å². The van der Waals surface area contributed by atoms with E-state index >= 15 is 0 Å². The van der Waals surface area contributed by atoms with E-state index in [4.69, 9.17) is 0 Å². The maximum absolute atomic E-state index is 12.7. The Bertz CT molecular complexity index is 601. The van der Waals surface area contributed by atoms with Crippen molar-refractivity contribution < 1.29 is 13.2 Å². The number of alkyl halides is 3. The lowest BCUT2D eigenvalue weighted by Gasteiger charge is -2.27. The second-order valence-corrected chi connectivity index (χ2v) is 4.79. The van der Waals surface area contributed by atoms with Crippen LogP contribution < -0.4 is 5.43 Å². The number of nitrogens with one attached hydrogen (secondary N) is 1. The van der Waals surface area contributed by atoms with Crippen LogP contribution in [0.1, 0.15) is 25.0 Å². The number of aromatic nitrogens is 3. The molecule has 0 spiro atoms. The number of anilines is 1. The second-order valence-electron chi connectivity index (χ2n) is 4.79. The standard InChI is InChI=1S/C12H14F3N5/c13-12(14,15)10-8-9-11(16-4-7-20(9)17-10)18-19-5-2-1-3-6-19/h4,7-8H,1-3,5-6H2,(H,16,18). The van der Waals surface area contributed by atoms with Gasteiger partial charge < -0.3 is 5.43 Å². The van der Waals surface area contributed by atoms with Gasteiger partial charge in [0.15, 0.2) is 11.5 Å². The number of hydrazine groups is 1. The van der Waals surface area contributed by atoms with Crippen LogP contribution in [0, 0.1) is 0 Å². The maximum Gasteiger partial charge on any atom is 0.435 e. The van der Waals surface area contributed by atoms with E-state index in [9.17, 15) is 13.2 Å². The minimum absolute atomic E-state index is 0.324. The molecule has 108 valence electrons. The van der Waals surface area contributed by atoms with Crippen LogP contribution in [0.15, 0.2) is 18.5 Å². The van der Waals surface area contributed by atoms with Crippen molar-refractivity contribution in [1.29, 1.82) is 0 Å². The van der Waals surface area contributed by atoms with Crippen LogP contribution in [-0.2, 0) is 6.18 Å². The molecule has 1 aliphatic heterocycles. The van der Waals surface area contributed by atoms with E-state index in [0.717, 1.165) is 32.0 Å². The molecule has 0 saturated carbocycles. The quantitative estimate of drug-likeness (QED) is 0.921. The molecule has 0 aliphatic carbocycles. The van der Waals surface area contributed by atoms with Gasteiger partial charge in [-0.25, -0.2) is 14.5 Å². The normalized spacial score (nSPS) is 17.6. The number of hydrogen-bond donors (Lipinski definition) is 1. The van der Waals surface area contributed by atoms with Crippen molar-refractivity contribution in [1.82, 2.24) is 19.6 Å². The Morgan fingerprint density at radius 1 is 1.15 bits per heavy atom. The lowest BCUT2D eigenvalue weighted by atomic mass is 10.2. The summed E-state index contributed by atoms with van der Waals surface area (Å²) in [6.07, 6.45) is 1.72. The van der Waals surface area contributed by atoms with Gasteiger partial charge in [0.1, 0.15) is 5.52 Å². The van der Waals surface area contributed by atoms with Crippen molar-refractivity contribution in [2.24, 2.45) is 0 Å². The molecule has 1 saturated heterocycles. The fourth-order valence-corrected chi connectivity index (χ4v) is 2.30. The highest BCUT2D eigenvalue weighted by molar-refractivity contribution is 5.67. The number of halogens is 3. The molecule has 0 bridgehead atoms. The summed E-state index contributed by atoms with van der Waals surface area (Å²) in [6, 6.07) is 1.01. The monoisotopic (exact) mass is 285 g/mol. The summed E-state index contributed by atoms with van der Waals surface area (Å²) in [5, 5.41) is 5.51. The van der Waals surface area contributed by atoms with Crippen molar-refractivity contribution >= 4 is 11.3 Å². The van der Waals surface area contributed by atoms with Crippen LogP contribution in [0.25, 0.3) is 5.52 Å². The number of fused-ring (bicyclic) bond motifs is 1. The van der Waals surface area contributed by atoms with Crippen molar-refractivity contribution in [3.8, 4) is 0 Å². The van der Waals surface area contributed by atoms with Gasteiger partial charge in [0.25, 0.3) is 0 Å². The predicted octanol–water partition coefficient (Wildman–Crippen LogP) is 2.56. The van der Waals surface area contributed by atoms with Gasteiger partial charge in [-0.2, -0.15) is 18.3 Å². The number of nitrogens with zero attached hydrogens (tertiary/aromatic N) is 4. The van der Waals surface area contributed by atoms with E-state index in [-0.39, 0.29) is 0 Å². The smallest absolute Gasteiger partial charge is 0.301 e. The lowest BCUT2D eigenvalue weighted by molar-refractivity contribution is -0.141. The zero-order chi connectivity index (χ0) is 14.2. The molecule has 2 aromatic heterocycles. The molecule has 2 aromatic rings. The first kappa shape index (κ1) is 13.2. The van der Waals surface area contributed by atoms with E-state index in [0.29, 0.717) is 11.3 Å². The minimum atomic E-state index is -4.45. The SMILES string of the molecule is FC(F)(F)c1cc2c(NN3CCCCC3)nccn2n1. The van der Waals surface area contributed by atoms with Crippen LogP contribution in [0.3, 0.4) is 0 Å². The zero-order valence-electron chi connectivity index (χ0n) is 10.7. The Morgan fingerprint density at radius 3 is 2.60 bits per heavy atom. The summed E-state index contributed by atoms with van der Waals surface area (Å²) in [7, 11) is 0. The molecule has 1 fully saturated rings. The van der Waals surface area contributed by atoms with Crippen LogP contribution >= 0.6 is 0 Å². The Balaban J connectivity index is 1.92. The van der Waals surface area contributed by atoms with Crippen molar-refractivity contribution in [2.45, 2.75) is 25.4 Å². The highest BCUT2D eigenvalue weighted by atomic mass is 19.4. The molecule has 0 amide bonds.